The second-order valence-corrected chi connectivity index (χ2v) is 5.93. The van der Waals surface area contributed by atoms with Crippen molar-refractivity contribution in [2.45, 2.75) is 25.0 Å². The van der Waals surface area contributed by atoms with E-state index in [4.69, 9.17) is 4.74 Å². The van der Waals surface area contributed by atoms with E-state index in [9.17, 15) is 4.79 Å². The highest BCUT2D eigenvalue weighted by Gasteiger charge is 2.37. The quantitative estimate of drug-likeness (QED) is 0.893. The number of nitrogens with zero attached hydrogens (tertiary/aromatic N) is 2. The van der Waals surface area contributed by atoms with Gasteiger partial charge in [-0.05, 0) is 40.4 Å². The molecule has 2 aliphatic heterocycles. The molecule has 1 N–H and O–H groups in total. The maximum absolute atomic E-state index is 12.2. The molecule has 0 spiro atoms. The summed E-state index contributed by atoms with van der Waals surface area (Å²) in [7, 11) is 1.71. The lowest BCUT2D eigenvalue weighted by molar-refractivity contribution is -0.127. The molecule has 0 radical (unpaired) electrons. The number of rotatable bonds is 2. The second-order valence-electron chi connectivity index (χ2n) is 5.02. The summed E-state index contributed by atoms with van der Waals surface area (Å²) in [6.07, 6.45) is 3.67. The minimum atomic E-state index is -0.0700. The number of ether oxygens (including phenoxy) is 1. The molecule has 19 heavy (non-hydrogen) atoms. The zero-order valence-electron chi connectivity index (χ0n) is 10.7. The second kappa shape index (κ2) is 5.19. The summed E-state index contributed by atoms with van der Waals surface area (Å²) in [6.45, 7) is 1.67. The van der Waals surface area contributed by atoms with Crippen LogP contribution in [0, 0.1) is 0 Å². The molecule has 2 aliphatic rings. The number of carbonyl (C=O) groups is 1. The third-order valence-electron chi connectivity index (χ3n) is 3.82. The first-order chi connectivity index (χ1) is 9.17. The lowest BCUT2D eigenvalue weighted by atomic mass is 10.0. The molecule has 0 aromatic carbocycles. The number of halogens is 1. The Morgan fingerprint density at radius 1 is 1.53 bits per heavy atom. The van der Waals surface area contributed by atoms with E-state index in [2.05, 4.69) is 31.1 Å². The summed E-state index contributed by atoms with van der Waals surface area (Å²) in [4.78, 5) is 18.7. The van der Waals surface area contributed by atoms with Crippen molar-refractivity contribution in [3.8, 4) is 0 Å². The van der Waals surface area contributed by atoms with Gasteiger partial charge in [0.1, 0.15) is 5.82 Å². The Balaban J connectivity index is 1.74. The van der Waals surface area contributed by atoms with Gasteiger partial charge < -0.3 is 10.1 Å². The van der Waals surface area contributed by atoms with Gasteiger partial charge in [0, 0.05) is 30.9 Å². The SMILES string of the molecule is COC1CN(C2CCc3cc(Br)cnc3NC2=O)C1. The van der Waals surface area contributed by atoms with Crippen LogP contribution >= 0.6 is 15.9 Å². The molecule has 1 aromatic heterocycles. The number of methoxy groups -OCH3 is 1. The number of hydrogen-bond donors (Lipinski definition) is 1. The van der Waals surface area contributed by atoms with E-state index in [-0.39, 0.29) is 18.1 Å². The van der Waals surface area contributed by atoms with Crippen molar-refractivity contribution in [2.75, 3.05) is 25.5 Å². The molecule has 1 aromatic rings. The standard InChI is InChI=1S/C13H16BrN3O2/c1-19-10-6-17(7-10)11-3-2-8-4-9(14)5-15-12(8)16-13(11)18/h4-5,10-11H,2-3,6-7H2,1H3,(H,15,16,18). The fourth-order valence-corrected chi connectivity index (χ4v) is 3.01. The number of aromatic nitrogens is 1. The molecule has 0 bridgehead atoms. The van der Waals surface area contributed by atoms with Crippen LogP contribution < -0.4 is 5.32 Å². The normalized spacial score (nSPS) is 24.3. The molecular weight excluding hydrogens is 310 g/mol. The van der Waals surface area contributed by atoms with Gasteiger partial charge in [0.2, 0.25) is 5.91 Å². The van der Waals surface area contributed by atoms with Gasteiger partial charge in [0.05, 0.1) is 12.1 Å². The number of amides is 1. The Hall–Kier alpha value is -0.980. The number of pyridine rings is 1. The molecule has 3 heterocycles. The maximum Gasteiger partial charge on any atom is 0.242 e. The monoisotopic (exact) mass is 325 g/mol. The number of likely N-dealkylation sites (tertiary alicyclic amines) is 1. The topological polar surface area (TPSA) is 54.5 Å². The molecule has 1 fully saturated rings. The molecular formula is C13H16BrN3O2. The first-order valence-electron chi connectivity index (χ1n) is 6.39. The summed E-state index contributed by atoms with van der Waals surface area (Å²) in [5.74, 6) is 0.739. The van der Waals surface area contributed by atoms with Gasteiger partial charge >= 0.3 is 0 Å². The van der Waals surface area contributed by atoms with Crippen molar-refractivity contribution in [1.82, 2.24) is 9.88 Å². The van der Waals surface area contributed by atoms with Crippen LogP contribution in [0.15, 0.2) is 16.7 Å². The van der Waals surface area contributed by atoms with Crippen molar-refractivity contribution in [3.63, 3.8) is 0 Å². The van der Waals surface area contributed by atoms with E-state index < -0.39 is 0 Å². The van der Waals surface area contributed by atoms with Crippen molar-refractivity contribution in [1.29, 1.82) is 0 Å². The molecule has 102 valence electrons. The van der Waals surface area contributed by atoms with E-state index in [1.54, 1.807) is 13.3 Å². The van der Waals surface area contributed by atoms with Crippen LogP contribution in [0.3, 0.4) is 0 Å². The summed E-state index contributed by atoms with van der Waals surface area (Å²) < 4.78 is 6.21. The zero-order valence-corrected chi connectivity index (χ0v) is 12.3. The number of fused-ring (bicyclic) bond motifs is 1. The maximum atomic E-state index is 12.2. The third-order valence-corrected chi connectivity index (χ3v) is 4.25. The first-order valence-corrected chi connectivity index (χ1v) is 7.19. The predicted octanol–water partition coefficient (Wildman–Crippen LogP) is 1.43. The van der Waals surface area contributed by atoms with Crippen LogP contribution in [0.2, 0.25) is 0 Å². The minimum absolute atomic E-state index is 0.0446. The summed E-state index contributed by atoms with van der Waals surface area (Å²) in [5, 5.41) is 2.93. The Bertz CT molecular complexity index is 503. The van der Waals surface area contributed by atoms with E-state index in [0.717, 1.165) is 36.0 Å². The van der Waals surface area contributed by atoms with Gasteiger partial charge in [-0.3, -0.25) is 9.69 Å². The third kappa shape index (κ3) is 2.52. The number of aryl methyl sites for hydroxylation is 1. The molecule has 6 heteroatoms. The van der Waals surface area contributed by atoms with Gasteiger partial charge in [0.15, 0.2) is 0 Å². The van der Waals surface area contributed by atoms with Crippen molar-refractivity contribution in [3.05, 3.63) is 22.3 Å². The van der Waals surface area contributed by atoms with E-state index in [0.29, 0.717) is 5.82 Å². The fourth-order valence-electron chi connectivity index (χ4n) is 2.63. The largest absolute Gasteiger partial charge is 0.379 e. The Morgan fingerprint density at radius 2 is 2.32 bits per heavy atom. The molecule has 1 saturated heterocycles. The van der Waals surface area contributed by atoms with Gasteiger partial charge in [-0.15, -0.1) is 0 Å². The Kier molecular flexibility index (Phi) is 3.56. The van der Waals surface area contributed by atoms with Crippen LogP contribution in [0.1, 0.15) is 12.0 Å². The number of anilines is 1. The highest BCUT2D eigenvalue weighted by molar-refractivity contribution is 9.10. The van der Waals surface area contributed by atoms with Crippen LogP contribution in [-0.2, 0) is 16.0 Å². The molecule has 0 aliphatic carbocycles. The summed E-state index contributed by atoms with van der Waals surface area (Å²) in [5.41, 5.74) is 1.09. The van der Waals surface area contributed by atoms with Gasteiger partial charge in [-0.2, -0.15) is 0 Å². The van der Waals surface area contributed by atoms with Crippen LogP contribution in [0.25, 0.3) is 0 Å². The molecule has 1 unspecified atom stereocenters. The average Bonchev–Trinajstić information content (AvgIpc) is 2.48. The molecule has 1 amide bonds. The van der Waals surface area contributed by atoms with Crippen molar-refractivity contribution in [2.24, 2.45) is 0 Å². The smallest absolute Gasteiger partial charge is 0.242 e. The van der Waals surface area contributed by atoms with Crippen molar-refractivity contribution >= 4 is 27.7 Å². The van der Waals surface area contributed by atoms with Crippen LogP contribution in [0.5, 0.6) is 0 Å². The van der Waals surface area contributed by atoms with E-state index in [1.165, 1.54) is 0 Å². The number of hydrogen-bond acceptors (Lipinski definition) is 4. The first kappa shape index (κ1) is 13.0. The highest BCUT2D eigenvalue weighted by Crippen LogP contribution is 2.26. The highest BCUT2D eigenvalue weighted by atomic mass is 79.9. The van der Waals surface area contributed by atoms with Crippen molar-refractivity contribution < 1.29 is 9.53 Å². The van der Waals surface area contributed by atoms with Crippen LogP contribution in [-0.4, -0.2) is 48.1 Å². The summed E-state index contributed by atoms with van der Waals surface area (Å²) >= 11 is 3.41. The summed E-state index contributed by atoms with van der Waals surface area (Å²) in [6, 6.07) is 1.96. The van der Waals surface area contributed by atoms with Gasteiger partial charge in [-0.25, -0.2) is 4.98 Å². The van der Waals surface area contributed by atoms with E-state index in [1.807, 2.05) is 6.07 Å². The van der Waals surface area contributed by atoms with Gasteiger partial charge in [0.25, 0.3) is 0 Å². The average molecular weight is 326 g/mol. The number of nitrogens with one attached hydrogen (secondary N) is 1. The minimum Gasteiger partial charge on any atom is -0.379 e. The van der Waals surface area contributed by atoms with Crippen LogP contribution in [0.4, 0.5) is 5.82 Å². The molecule has 3 rings (SSSR count). The van der Waals surface area contributed by atoms with Gasteiger partial charge in [-0.1, -0.05) is 0 Å². The molecule has 5 nitrogen and oxygen atoms in total. The van der Waals surface area contributed by atoms with E-state index >= 15 is 0 Å². The Labute approximate surface area is 120 Å². The fraction of sp³-hybridized carbons (Fsp3) is 0.538. The Morgan fingerprint density at radius 3 is 3.05 bits per heavy atom. The molecule has 0 saturated carbocycles. The lowest BCUT2D eigenvalue weighted by Gasteiger charge is -2.42. The lowest BCUT2D eigenvalue weighted by Crippen LogP contribution is -2.59. The molecule has 1 atom stereocenters. The predicted molar refractivity (Wildman–Crippen MR) is 75.0 cm³/mol. The number of carbonyl (C=O) groups excluding carboxylic acids is 1. The zero-order chi connectivity index (χ0) is 13.4.